The maximum atomic E-state index is 12.8. The zero-order chi connectivity index (χ0) is 21.8. The van der Waals surface area contributed by atoms with Gasteiger partial charge in [0.25, 0.3) is 11.8 Å². The van der Waals surface area contributed by atoms with Gasteiger partial charge in [-0.15, -0.1) is 0 Å². The second-order valence-corrected chi connectivity index (χ2v) is 7.64. The van der Waals surface area contributed by atoms with Crippen LogP contribution >= 0.6 is 0 Å². The van der Waals surface area contributed by atoms with Gasteiger partial charge in [-0.25, -0.2) is 0 Å². The highest BCUT2D eigenvalue weighted by molar-refractivity contribution is 5.98. The molecule has 31 heavy (non-hydrogen) atoms. The maximum absolute atomic E-state index is 12.8. The van der Waals surface area contributed by atoms with Crippen LogP contribution in [-0.4, -0.2) is 50.6 Å². The highest BCUT2D eigenvalue weighted by Gasteiger charge is 2.26. The summed E-state index contributed by atoms with van der Waals surface area (Å²) in [7, 11) is 3.06. The smallest absolute Gasteiger partial charge is 0.289 e. The Morgan fingerprint density at radius 2 is 1.84 bits per heavy atom. The second-order valence-electron chi connectivity index (χ2n) is 7.64. The highest BCUT2D eigenvalue weighted by Crippen LogP contribution is 2.30. The van der Waals surface area contributed by atoms with Crippen LogP contribution < -0.4 is 14.8 Å². The minimum Gasteiger partial charge on any atom is -0.493 e. The molecule has 2 heterocycles. The fourth-order valence-electron chi connectivity index (χ4n) is 3.98. The Balaban J connectivity index is 1.31. The van der Waals surface area contributed by atoms with Crippen molar-refractivity contribution < 1.29 is 23.5 Å². The number of hydrogen-bond acceptors (Lipinski definition) is 5. The molecule has 1 N–H and O–H groups in total. The van der Waals surface area contributed by atoms with Gasteiger partial charge in [-0.2, -0.15) is 0 Å². The van der Waals surface area contributed by atoms with Gasteiger partial charge >= 0.3 is 0 Å². The van der Waals surface area contributed by atoms with Crippen molar-refractivity contribution in [2.45, 2.75) is 12.8 Å². The molecule has 1 fully saturated rings. The van der Waals surface area contributed by atoms with Crippen molar-refractivity contribution in [1.29, 1.82) is 0 Å². The molecule has 1 aliphatic rings. The molecule has 162 valence electrons. The van der Waals surface area contributed by atoms with Gasteiger partial charge in [0.05, 0.1) is 19.8 Å². The molecule has 0 saturated carbocycles. The molecule has 4 rings (SSSR count). The third-order valence-electron chi connectivity index (χ3n) is 5.74. The number of piperidine rings is 1. The number of ether oxygens (including phenoxy) is 2. The molecule has 0 spiro atoms. The Kier molecular flexibility index (Phi) is 6.11. The number of hydrogen-bond donors (Lipinski definition) is 1. The summed E-state index contributed by atoms with van der Waals surface area (Å²) in [4.78, 5) is 27.3. The van der Waals surface area contributed by atoms with E-state index in [0.29, 0.717) is 48.4 Å². The number of rotatable bonds is 6. The van der Waals surface area contributed by atoms with Crippen molar-refractivity contribution in [2.75, 3.05) is 33.9 Å². The van der Waals surface area contributed by atoms with Crippen molar-refractivity contribution >= 4 is 22.8 Å². The number of carbonyl (C=O) groups excluding carboxylic acids is 2. The lowest BCUT2D eigenvalue weighted by atomic mass is 9.96. The van der Waals surface area contributed by atoms with Crippen LogP contribution in [0.2, 0.25) is 0 Å². The van der Waals surface area contributed by atoms with Crippen LogP contribution in [0.25, 0.3) is 11.0 Å². The first-order valence-corrected chi connectivity index (χ1v) is 10.4. The van der Waals surface area contributed by atoms with E-state index < -0.39 is 0 Å². The molecule has 1 saturated heterocycles. The monoisotopic (exact) mass is 422 g/mol. The van der Waals surface area contributed by atoms with Crippen molar-refractivity contribution in [3.8, 4) is 11.5 Å². The topological polar surface area (TPSA) is 81.0 Å². The normalized spacial score (nSPS) is 14.5. The molecule has 1 aromatic heterocycles. The summed E-state index contributed by atoms with van der Waals surface area (Å²) in [6.07, 6.45) is 1.64. The number of nitrogens with one attached hydrogen (secondary N) is 1. The predicted octanol–water partition coefficient (Wildman–Crippen LogP) is 3.73. The van der Waals surface area contributed by atoms with E-state index >= 15 is 0 Å². The Hall–Kier alpha value is -3.48. The van der Waals surface area contributed by atoms with Gasteiger partial charge < -0.3 is 24.1 Å². The summed E-state index contributed by atoms with van der Waals surface area (Å²) in [5.41, 5.74) is 1.16. The average Bonchev–Trinajstić information content (AvgIpc) is 3.26. The van der Waals surface area contributed by atoms with E-state index in [1.54, 1.807) is 31.4 Å². The molecule has 0 unspecified atom stereocenters. The molecule has 2 aromatic carbocycles. The number of fused-ring (bicyclic) bond motifs is 1. The van der Waals surface area contributed by atoms with Crippen LogP contribution in [0.1, 0.15) is 33.8 Å². The molecular formula is C24H26N2O5. The number of likely N-dealkylation sites (tertiary alicyclic amines) is 1. The van der Waals surface area contributed by atoms with Crippen LogP contribution in [0.4, 0.5) is 0 Å². The van der Waals surface area contributed by atoms with E-state index in [1.807, 2.05) is 29.2 Å². The lowest BCUT2D eigenvalue weighted by molar-refractivity contribution is 0.0655. The highest BCUT2D eigenvalue weighted by atomic mass is 16.5. The summed E-state index contributed by atoms with van der Waals surface area (Å²) < 4.78 is 16.3. The molecule has 2 amide bonds. The Morgan fingerprint density at radius 3 is 2.55 bits per heavy atom. The fourth-order valence-corrected chi connectivity index (χ4v) is 3.98. The fraction of sp³-hybridized carbons (Fsp3) is 0.333. The van der Waals surface area contributed by atoms with E-state index in [9.17, 15) is 9.59 Å². The van der Waals surface area contributed by atoms with Crippen LogP contribution in [0.3, 0.4) is 0 Å². The third-order valence-corrected chi connectivity index (χ3v) is 5.74. The van der Waals surface area contributed by atoms with Gasteiger partial charge in [0.15, 0.2) is 17.3 Å². The third kappa shape index (κ3) is 4.35. The number of furan rings is 1. The standard InChI is InChI=1S/C24H26N2O5/c1-29-20-9-5-7-18(22(20)30-2)23(27)25-15-16-10-12-26(13-11-16)24(28)21-14-17-6-3-4-8-19(17)31-21/h3-9,14,16H,10-13,15H2,1-2H3,(H,25,27). The van der Waals surface area contributed by atoms with Gasteiger partial charge in [0, 0.05) is 25.0 Å². The van der Waals surface area contributed by atoms with Crippen molar-refractivity contribution in [2.24, 2.45) is 5.92 Å². The van der Waals surface area contributed by atoms with E-state index in [0.717, 1.165) is 23.8 Å². The summed E-state index contributed by atoms with van der Waals surface area (Å²) in [5, 5.41) is 3.92. The Morgan fingerprint density at radius 1 is 1.06 bits per heavy atom. The molecule has 0 radical (unpaired) electrons. The van der Waals surface area contributed by atoms with Gasteiger partial charge in [-0.05, 0) is 43.0 Å². The van der Waals surface area contributed by atoms with E-state index in [4.69, 9.17) is 13.9 Å². The number of benzene rings is 2. The molecule has 0 atom stereocenters. The number of nitrogens with zero attached hydrogens (tertiary/aromatic N) is 1. The zero-order valence-electron chi connectivity index (χ0n) is 17.7. The van der Waals surface area contributed by atoms with Gasteiger partial charge in [-0.3, -0.25) is 9.59 Å². The van der Waals surface area contributed by atoms with Crippen molar-refractivity contribution in [1.82, 2.24) is 10.2 Å². The molecule has 7 heteroatoms. The lowest BCUT2D eigenvalue weighted by Crippen LogP contribution is -2.41. The first kappa shape index (κ1) is 20.8. The predicted molar refractivity (Wildman–Crippen MR) is 117 cm³/mol. The number of carbonyl (C=O) groups is 2. The quantitative estimate of drug-likeness (QED) is 0.655. The van der Waals surface area contributed by atoms with Crippen LogP contribution in [0.5, 0.6) is 11.5 Å². The summed E-state index contributed by atoms with van der Waals surface area (Å²) in [6.45, 7) is 1.82. The summed E-state index contributed by atoms with van der Waals surface area (Å²) in [6, 6.07) is 14.6. The lowest BCUT2D eigenvalue weighted by Gasteiger charge is -2.31. The van der Waals surface area contributed by atoms with E-state index in [1.165, 1.54) is 7.11 Å². The average molecular weight is 422 g/mol. The van der Waals surface area contributed by atoms with Gasteiger partial charge in [0.2, 0.25) is 0 Å². The van der Waals surface area contributed by atoms with E-state index in [2.05, 4.69) is 5.32 Å². The molecule has 1 aliphatic heterocycles. The zero-order valence-corrected chi connectivity index (χ0v) is 17.7. The summed E-state index contributed by atoms with van der Waals surface area (Å²) in [5.74, 6) is 1.34. The van der Waals surface area contributed by atoms with Gasteiger partial charge in [-0.1, -0.05) is 24.3 Å². The molecule has 0 bridgehead atoms. The first-order chi connectivity index (χ1) is 15.1. The molecule has 3 aromatic rings. The summed E-state index contributed by atoms with van der Waals surface area (Å²) >= 11 is 0. The Labute approximate surface area is 180 Å². The first-order valence-electron chi connectivity index (χ1n) is 10.4. The van der Waals surface area contributed by atoms with Crippen molar-refractivity contribution in [3.63, 3.8) is 0 Å². The van der Waals surface area contributed by atoms with Crippen LogP contribution in [0.15, 0.2) is 52.9 Å². The number of amides is 2. The van der Waals surface area contributed by atoms with Gasteiger partial charge in [0.1, 0.15) is 5.58 Å². The van der Waals surface area contributed by atoms with Crippen molar-refractivity contribution in [3.05, 3.63) is 59.9 Å². The number of para-hydroxylation sites is 2. The number of methoxy groups -OCH3 is 2. The second kappa shape index (κ2) is 9.12. The minimum absolute atomic E-state index is 0.0835. The Bertz CT molecular complexity index is 1050. The van der Waals surface area contributed by atoms with Crippen LogP contribution in [0, 0.1) is 5.92 Å². The maximum Gasteiger partial charge on any atom is 0.289 e. The molecular weight excluding hydrogens is 396 g/mol. The molecule has 7 nitrogen and oxygen atoms in total. The molecule has 0 aliphatic carbocycles. The van der Waals surface area contributed by atoms with E-state index in [-0.39, 0.29) is 11.8 Å². The minimum atomic E-state index is -0.198. The largest absolute Gasteiger partial charge is 0.493 e. The van der Waals surface area contributed by atoms with Crippen LogP contribution in [-0.2, 0) is 0 Å². The SMILES string of the molecule is COc1cccc(C(=O)NCC2CCN(C(=O)c3cc4ccccc4o3)CC2)c1OC.